The molecule has 7 atom stereocenters. The molecular weight excluding hydrogens is 1200 g/mol. The van der Waals surface area contributed by atoms with Crippen molar-refractivity contribution >= 4 is 69.1 Å². The van der Waals surface area contributed by atoms with Crippen LogP contribution in [0, 0.1) is 5.41 Å². The molecule has 3 rings (SSSR count). The summed E-state index contributed by atoms with van der Waals surface area (Å²) in [6, 6.07) is 0. The van der Waals surface area contributed by atoms with Crippen LogP contribution in [-0.4, -0.2) is 103 Å². The monoisotopic (exact) mass is 1300 g/mol. The van der Waals surface area contributed by atoms with Crippen molar-refractivity contribution in [1.29, 1.82) is 0 Å². The molecule has 0 saturated carbocycles. The van der Waals surface area contributed by atoms with Crippen LogP contribution in [-0.2, 0) is 50.7 Å². The second-order valence-electron chi connectivity index (χ2n) is 22.2. The van der Waals surface area contributed by atoms with E-state index in [4.69, 9.17) is 10.5 Å². The van der Waals surface area contributed by atoms with Gasteiger partial charge in [-0.05, 0) is 63.9 Å². The van der Waals surface area contributed by atoms with Crippen LogP contribution in [0.4, 0.5) is 5.82 Å². The van der Waals surface area contributed by atoms with Crippen LogP contribution in [0.15, 0.2) is 73.4 Å². The molecule has 1 fully saturated rings. The molecule has 87 heavy (non-hydrogen) atoms. The molecule has 0 spiro atoms. The van der Waals surface area contributed by atoms with Gasteiger partial charge >= 0.3 is 0 Å². The Kier molecular flexibility index (Phi) is 39.1. The van der Waals surface area contributed by atoms with E-state index in [0.29, 0.717) is 5.75 Å². The molecule has 2 aromatic rings. The van der Waals surface area contributed by atoms with Gasteiger partial charge in [0.25, 0.3) is 15.6 Å². The maximum Gasteiger partial charge on any atom is 0.274 e. The molecule has 6 N–H and O–H groups in total. The van der Waals surface area contributed by atoms with Crippen molar-refractivity contribution < 1.29 is 80.5 Å². The predicted molar refractivity (Wildman–Crippen MR) is 330 cm³/mol. The maximum atomic E-state index is 12.7. The molecule has 0 aromatic carbocycles. The Hall–Kier alpha value is -3.74. The van der Waals surface area contributed by atoms with E-state index in [9.17, 15) is 57.9 Å². The van der Waals surface area contributed by atoms with Gasteiger partial charge in [-0.3, -0.25) is 28.1 Å². The minimum Gasteiger partial charge on any atom is -0.790 e. The van der Waals surface area contributed by atoms with Gasteiger partial charge in [-0.2, -0.15) is 0 Å². The Labute approximate surface area is 518 Å². The first-order chi connectivity index (χ1) is 41.6. The number of anilines is 1. The van der Waals surface area contributed by atoms with Crippen LogP contribution >= 0.6 is 35.2 Å². The minimum atomic E-state index is -5.93. The number of hydrogen-bond donors (Lipinski definition) is 5. The van der Waals surface area contributed by atoms with E-state index in [1.54, 1.807) is 6.08 Å². The molecule has 1 aliphatic rings. The Morgan fingerprint density at radius 3 is 1.77 bits per heavy atom. The number of unbranched alkanes of at least 4 members (excludes halogenated alkanes) is 21. The van der Waals surface area contributed by atoms with E-state index >= 15 is 0 Å². The number of phosphoric acid groups is 3. The van der Waals surface area contributed by atoms with E-state index in [-0.39, 0.29) is 41.6 Å². The molecule has 0 bridgehead atoms. The number of imidazole rings is 1. The average Bonchev–Trinajstić information content (AvgIpc) is 1.70. The molecule has 0 radical (unpaired) electrons. The summed E-state index contributed by atoms with van der Waals surface area (Å²) in [5.74, 6) is -1.21. The third-order valence-electron chi connectivity index (χ3n) is 14.2. The highest BCUT2D eigenvalue weighted by molar-refractivity contribution is 8.14. The zero-order valence-corrected chi connectivity index (χ0v) is 54.6. The minimum absolute atomic E-state index is 0.0195. The maximum absolute atomic E-state index is 12.7. The summed E-state index contributed by atoms with van der Waals surface area (Å²) >= 11 is 1.06. The Morgan fingerprint density at radius 2 is 1.23 bits per heavy atom. The number of aromatic nitrogens is 4. The van der Waals surface area contributed by atoms with E-state index in [1.807, 2.05) is 6.08 Å². The summed E-state index contributed by atoms with van der Waals surface area (Å²) in [6.07, 6.45) is 46.3. The lowest BCUT2D eigenvalue weighted by molar-refractivity contribution is -0.347. The van der Waals surface area contributed by atoms with Crippen LogP contribution in [0.1, 0.15) is 200 Å². The van der Waals surface area contributed by atoms with Gasteiger partial charge in [-0.15, -0.1) is 0 Å². The highest BCUT2D eigenvalue weighted by atomic mass is 32.2. The number of carbonyl (C=O) groups is 3. The number of ether oxygens (including phenoxy) is 1. The Balaban J connectivity index is 1.12. The largest absolute Gasteiger partial charge is 0.790 e. The van der Waals surface area contributed by atoms with Gasteiger partial charge in [0.2, 0.25) is 16.9 Å². The first-order valence-electron chi connectivity index (χ1n) is 30.8. The van der Waals surface area contributed by atoms with Gasteiger partial charge in [-0.1, -0.05) is 196 Å². The molecule has 0 aliphatic carbocycles. The number of nitrogens with zero attached hydrogens (tertiary/aromatic N) is 4. The number of nitrogens with one attached hydrogen (secondary N) is 2. The van der Waals surface area contributed by atoms with Crippen molar-refractivity contribution in [1.82, 2.24) is 30.2 Å². The Morgan fingerprint density at radius 1 is 0.724 bits per heavy atom. The highest BCUT2D eigenvalue weighted by Gasteiger charge is 2.47. The standard InChI is InChI=1S/C59H100N7O17P3S/c1-4-5-6-7-8-9-10-11-12-13-14-15-16-17-18-19-20-21-22-23-24-25-26-27-28-29-30-31-32-33-34-35-36-37-38-39-50(68)87-43-42-61-49(67)40-41-62-57(71)54(70)59(2,3)45-80-86(77,78)83-85(75,76)79-44-48-53(82-84(72,73)74)52(69)58(81-48)66-47-65-51-55(60)63-46-64-56(51)66/h8-9,11-12,14-15,17-18,38-39,46-48,52-54,58,69-70H,4-7,10,13,16,19-37,40-45H2,1-3H3,(H,61,67)(H,62,71)(H,75,76)(H,77,78)(H2,60,63,64)(H2,72,73,74)/p-4/b9-8-,12-11-,15-14-,18-17-,39-38+/t48-,52-,53-,54+,58-/m1/s1. The average molecular weight is 1300 g/mol. The highest BCUT2D eigenvalue weighted by Crippen LogP contribution is 2.56. The third kappa shape index (κ3) is 34.9. The topological polar surface area (TPSA) is 375 Å². The van der Waals surface area contributed by atoms with Crippen molar-refractivity contribution in [3.8, 4) is 0 Å². The number of nitrogen functional groups attached to an aromatic ring is 1. The van der Waals surface area contributed by atoms with Gasteiger partial charge in [0.1, 0.15) is 36.3 Å². The van der Waals surface area contributed by atoms with Crippen molar-refractivity contribution in [2.75, 3.05) is 37.8 Å². The summed E-state index contributed by atoms with van der Waals surface area (Å²) in [7, 11) is -17.6. The quantitative estimate of drug-likeness (QED) is 0.0178. The van der Waals surface area contributed by atoms with Crippen LogP contribution in [0.25, 0.3) is 11.2 Å². The molecular formula is C59H96N7O17P3S-4. The van der Waals surface area contributed by atoms with E-state index in [0.717, 1.165) is 67.5 Å². The van der Waals surface area contributed by atoms with E-state index in [1.165, 1.54) is 142 Å². The fourth-order valence-corrected chi connectivity index (χ4v) is 12.6. The number of phosphoric ester groups is 3. The summed E-state index contributed by atoms with van der Waals surface area (Å²) in [5.41, 5.74) is 4.10. The van der Waals surface area contributed by atoms with Crippen LogP contribution in [0.2, 0.25) is 0 Å². The number of allylic oxidation sites excluding steroid dienone is 9. The summed E-state index contributed by atoms with van der Waals surface area (Å²) < 4.78 is 61.0. The number of rotatable bonds is 50. The molecule has 2 amide bonds. The lowest BCUT2D eigenvalue weighted by Gasteiger charge is -2.36. The van der Waals surface area contributed by atoms with Crippen molar-refractivity contribution in [3.05, 3.63) is 73.4 Å². The van der Waals surface area contributed by atoms with Crippen LogP contribution < -0.4 is 35.9 Å². The number of amides is 2. The second-order valence-corrected chi connectivity index (χ2v) is 27.4. The molecule has 24 nitrogen and oxygen atoms in total. The van der Waals surface area contributed by atoms with Crippen molar-refractivity contribution in [2.45, 2.75) is 225 Å². The van der Waals surface area contributed by atoms with Crippen LogP contribution in [0.3, 0.4) is 0 Å². The van der Waals surface area contributed by atoms with Gasteiger partial charge in [0.15, 0.2) is 17.7 Å². The fourth-order valence-electron chi connectivity index (χ4n) is 9.22. The SMILES string of the molecule is CCCCC/C=C\C/C=C\C/C=C\C/C=C\CCCCCCCCCCCCCCCCCCC/C=C/C(=O)SCCNC(=O)CCNC(=O)[C@H](O)C(C)(C)COP(=O)([O-])OP(=O)([O-])OC[C@H]1O[C@@H](n2cnc3c(N)ncnc32)[C@H](O)[C@@H]1OP(=O)([O-])[O-]. The smallest absolute Gasteiger partial charge is 0.274 e. The number of hydrogen-bond acceptors (Lipinski definition) is 22. The zero-order valence-electron chi connectivity index (χ0n) is 51.1. The first kappa shape index (κ1) is 77.5. The zero-order chi connectivity index (χ0) is 63.8. The normalized spacial score (nSPS) is 18.7. The number of aliphatic hydroxyl groups is 2. The number of fused-ring (bicyclic) bond motifs is 1. The third-order valence-corrected chi connectivity index (χ3v) is 18.0. The Bertz CT molecular complexity index is 2600. The predicted octanol–water partition coefficient (Wildman–Crippen LogP) is 9.08. The fraction of sp³-hybridized carbons (Fsp3) is 0.695. The molecule has 2 aromatic heterocycles. The van der Waals surface area contributed by atoms with Crippen molar-refractivity contribution in [2.24, 2.45) is 5.41 Å². The van der Waals surface area contributed by atoms with Gasteiger partial charge < -0.3 is 69.0 Å². The lowest BCUT2D eigenvalue weighted by Crippen LogP contribution is -2.46. The molecule has 1 aliphatic heterocycles. The lowest BCUT2D eigenvalue weighted by atomic mass is 9.87. The number of nitrogens with two attached hydrogens (primary N) is 1. The van der Waals surface area contributed by atoms with Gasteiger partial charge in [-0.25, -0.2) is 19.3 Å². The second kappa shape index (κ2) is 43.9. The molecule has 3 heterocycles. The van der Waals surface area contributed by atoms with Crippen molar-refractivity contribution in [3.63, 3.8) is 0 Å². The molecule has 1 saturated heterocycles. The number of carbonyl (C=O) groups excluding carboxylic acids is 3. The molecule has 494 valence electrons. The van der Waals surface area contributed by atoms with Crippen LogP contribution in [0.5, 0.6) is 0 Å². The summed E-state index contributed by atoms with van der Waals surface area (Å²) in [4.78, 5) is 97.3. The van der Waals surface area contributed by atoms with E-state index in [2.05, 4.69) is 99.0 Å². The number of thioether (sulfide) groups is 1. The molecule has 28 heteroatoms. The first-order valence-corrected chi connectivity index (χ1v) is 36.2. The van der Waals surface area contributed by atoms with Gasteiger partial charge in [0.05, 0.1) is 27.4 Å². The molecule has 2 unspecified atom stereocenters. The summed E-state index contributed by atoms with van der Waals surface area (Å²) in [6.45, 7) is 2.36. The van der Waals surface area contributed by atoms with E-state index < -0.39 is 84.6 Å². The number of aliphatic hydroxyl groups excluding tert-OH is 2. The summed E-state index contributed by atoms with van der Waals surface area (Å²) in [5, 5.41) is 26.4. The van der Waals surface area contributed by atoms with Gasteiger partial charge in [0, 0.05) is 30.7 Å².